The predicted molar refractivity (Wildman–Crippen MR) is 171 cm³/mol. The minimum Gasteiger partial charge on any atom is -0.488 e. The van der Waals surface area contributed by atoms with Crippen LogP contribution in [0.4, 0.5) is 5.13 Å². The molecule has 4 aliphatic rings. The maximum Gasteiger partial charge on any atom is 0.310 e. The third-order valence-corrected chi connectivity index (χ3v) is 9.90. The third kappa shape index (κ3) is 6.44. The fraction of sp³-hybridized carbons (Fsp3) is 0.514. The molecule has 2 atom stereocenters. The molecule has 43 heavy (non-hydrogen) atoms. The summed E-state index contributed by atoms with van der Waals surface area (Å²) in [4.78, 5) is 35.1. The summed E-state index contributed by atoms with van der Waals surface area (Å²) >= 11 is 1.65. The van der Waals surface area contributed by atoms with E-state index in [2.05, 4.69) is 29.3 Å². The van der Waals surface area contributed by atoms with E-state index in [1.807, 2.05) is 56.9 Å². The van der Waals surface area contributed by atoms with Crippen LogP contribution in [-0.4, -0.2) is 53.5 Å². The van der Waals surface area contributed by atoms with Gasteiger partial charge < -0.3 is 19.3 Å². The Morgan fingerprint density at radius 1 is 1.00 bits per heavy atom. The zero-order chi connectivity index (χ0) is 30.3. The normalized spacial score (nSPS) is 21.7. The maximum atomic E-state index is 13.0. The summed E-state index contributed by atoms with van der Waals surface area (Å²) in [6.07, 6.45) is 4.46. The van der Waals surface area contributed by atoms with Crippen molar-refractivity contribution < 1.29 is 19.1 Å². The fourth-order valence-electron chi connectivity index (χ4n) is 6.73. The highest BCUT2D eigenvalue weighted by Crippen LogP contribution is 2.48. The molecular formula is C35H43N3O4S. The number of fused-ring (bicyclic) bond motifs is 2. The topological polar surface area (TPSA) is 72.0 Å². The number of ether oxygens (including phenoxy) is 2. The van der Waals surface area contributed by atoms with E-state index in [4.69, 9.17) is 14.5 Å². The van der Waals surface area contributed by atoms with Gasteiger partial charge in [0.15, 0.2) is 5.13 Å². The number of anilines is 1. The zero-order valence-corrected chi connectivity index (χ0v) is 26.8. The van der Waals surface area contributed by atoms with Crippen molar-refractivity contribution in [3.63, 3.8) is 0 Å². The van der Waals surface area contributed by atoms with Crippen molar-refractivity contribution in [2.45, 2.75) is 72.5 Å². The highest BCUT2D eigenvalue weighted by Gasteiger charge is 2.52. The van der Waals surface area contributed by atoms with Crippen LogP contribution < -0.4 is 9.64 Å². The average Bonchev–Trinajstić information content (AvgIpc) is 3.46. The number of thiazole rings is 1. The molecular weight excluding hydrogens is 558 g/mol. The summed E-state index contributed by atoms with van der Waals surface area (Å²) in [6, 6.07) is 12.2. The maximum absolute atomic E-state index is 13.0. The summed E-state index contributed by atoms with van der Waals surface area (Å²) in [5, 5.41) is 3.10. The quantitative estimate of drug-likeness (QED) is 0.271. The van der Waals surface area contributed by atoms with E-state index in [0.717, 1.165) is 89.8 Å². The molecule has 4 fully saturated rings. The second-order valence-electron chi connectivity index (χ2n) is 13.5. The van der Waals surface area contributed by atoms with E-state index < -0.39 is 5.60 Å². The van der Waals surface area contributed by atoms with Crippen LogP contribution in [0.15, 0.2) is 41.8 Å². The van der Waals surface area contributed by atoms with Crippen LogP contribution in [-0.2, 0) is 16.1 Å². The predicted octanol–water partition coefficient (Wildman–Crippen LogP) is 7.05. The Hall–Kier alpha value is -3.39. The SMILES string of the molecule is Cc1ccc(OCc2ccc(C(=O)N3CCCCC3)cc2C)c(-c2csc(N3CC4CC(C3)C4C(=O)OC(C)(C)C)n2)c1. The number of hydrogen-bond acceptors (Lipinski definition) is 7. The number of benzene rings is 2. The van der Waals surface area contributed by atoms with E-state index in [0.29, 0.717) is 18.4 Å². The molecule has 7 nitrogen and oxygen atoms in total. The summed E-state index contributed by atoms with van der Waals surface area (Å²) in [7, 11) is 0. The molecule has 1 amide bonds. The number of piperidine rings is 3. The summed E-state index contributed by atoms with van der Waals surface area (Å²) in [5.41, 5.74) is 5.45. The zero-order valence-electron chi connectivity index (χ0n) is 26.0. The van der Waals surface area contributed by atoms with Crippen LogP contribution in [0.1, 0.15) is 73.5 Å². The molecule has 2 bridgehead atoms. The van der Waals surface area contributed by atoms with Crippen molar-refractivity contribution in [3.05, 3.63) is 64.0 Å². The van der Waals surface area contributed by atoms with Crippen molar-refractivity contribution in [1.82, 2.24) is 9.88 Å². The number of esters is 1. The minimum absolute atomic E-state index is 0.00657. The lowest BCUT2D eigenvalue weighted by Crippen LogP contribution is -2.58. The first-order chi connectivity index (χ1) is 20.6. The molecule has 1 saturated carbocycles. The number of nitrogens with zero attached hydrogens (tertiary/aromatic N) is 3. The molecule has 8 heteroatoms. The highest BCUT2D eigenvalue weighted by molar-refractivity contribution is 7.14. The number of likely N-dealkylation sites (tertiary alicyclic amines) is 1. The number of carbonyl (C=O) groups excluding carboxylic acids is 2. The van der Waals surface area contributed by atoms with E-state index in [9.17, 15) is 9.59 Å². The van der Waals surface area contributed by atoms with Crippen LogP contribution >= 0.6 is 11.3 Å². The number of carbonyl (C=O) groups is 2. The highest BCUT2D eigenvalue weighted by atomic mass is 32.1. The summed E-state index contributed by atoms with van der Waals surface area (Å²) < 4.78 is 12.1. The van der Waals surface area contributed by atoms with Crippen molar-refractivity contribution >= 4 is 28.3 Å². The Balaban J connectivity index is 1.12. The molecule has 7 rings (SSSR count). The van der Waals surface area contributed by atoms with Gasteiger partial charge >= 0.3 is 5.97 Å². The van der Waals surface area contributed by atoms with Crippen LogP contribution in [0.25, 0.3) is 11.3 Å². The van der Waals surface area contributed by atoms with Gasteiger partial charge in [-0.3, -0.25) is 9.59 Å². The lowest BCUT2D eigenvalue weighted by molar-refractivity contribution is -0.172. The van der Waals surface area contributed by atoms with Gasteiger partial charge in [-0.25, -0.2) is 4.98 Å². The molecule has 3 aromatic rings. The number of aromatic nitrogens is 1. The van der Waals surface area contributed by atoms with Crippen molar-refractivity contribution in [3.8, 4) is 17.0 Å². The van der Waals surface area contributed by atoms with Crippen LogP contribution in [0, 0.1) is 31.6 Å². The summed E-state index contributed by atoms with van der Waals surface area (Å²) in [6.45, 7) is 13.7. The van der Waals surface area contributed by atoms with Crippen LogP contribution in [0.2, 0.25) is 0 Å². The van der Waals surface area contributed by atoms with Gasteiger partial charge in [-0.15, -0.1) is 11.3 Å². The van der Waals surface area contributed by atoms with Gasteiger partial charge in [0.05, 0.1) is 11.6 Å². The molecule has 3 aliphatic heterocycles. The fourth-order valence-corrected chi connectivity index (χ4v) is 7.57. The van der Waals surface area contributed by atoms with Gasteiger partial charge in [0.1, 0.15) is 18.0 Å². The Bertz CT molecular complexity index is 1490. The smallest absolute Gasteiger partial charge is 0.310 e. The van der Waals surface area contributed by atoms with Gasteiger partial charge in [-0.2, -0.15) is 0 Å². The van der Waals surface area contributed by atoms with E-state index >= 15 is 0 Å². The second-order valence-corrected chi connectivity index (χ2v) is 14.4. The van der Waals surface area contributed by atoms with Crippen molar-refractivity contribution in [2.75, 3.05) is 31.1 Å². The third-order valence-electron chi connectivity index (χ3n) is 9.00. The minimum atomic E-state index is -0.452. The monoisotopic (exact) mass is 601 g/mol. The molecule has 4 heterocycles. The molecule has 2 unspecified atom stereocenters. The number of aryl methyl sites for hydroxylation is 2. The molecule has 3 saturated heterocycles. The lowest BCUT2D eigenvalue weighted by Gasteiger charge is -2.52. The first-order valence-electron chi connectivity index (χ1n) is 15.6. The molecule has 228 valence electrons. The van der Waals surface area contributed by atoms with Gasteiger partial charge in [-0.05, 0) is 108 Å². The first-order valence-corrected chi connectivity index (χ1v) is 16.5. The number of rotatable bonds is 7. The van der Waals surface area contributed by atoms with Crippen LogP contribution in [0.3, 0.4) is 0 Å². The standard InChI is InChI=1S/C35H43N3O4S/c1-22-9-12-30(41-20-25-11-10-24(16-23(25)2)32(39)37-13-7-6-8-14-37)28(15-22)29-21-43-34(36-29)38-18-26-17-27(19-38)31(26)33(40)42-35(3,4)5/h9-12,15-16,21,26-27,31H,6-8,13-14,17-20H2,1-5H3. The summed E-state index contributed by atoms with van der Waals surface area (Å²) in [5.74, 6) is 1.52. The molecule has 0 N–H and O–H groups in total. The first kappa shape index (κ1) is 29.7. The molecule has 0 radical (unpaired) electrons. The Kier molecular flexibility index (Phi) is 8.24. The average molecular weight is 602 g/mol. The molecule has 1 aliphatic carbocycles. The second kappa shape index (κ2) is 11.9. The van der Waals surface area contributed by atoms with Crippen LogP contribution in [0.5, 0.6) is 5.75 Å². The number of hydrogen-bond donors (Lipinski definition) is 0. The van der Waals surface area contributed by atoms with E-state index in [1.165, 1.54) is 6.42 Å². The number of amides is 1. The van der Waals surface area contributed by atoms with Gasteiger partial charge in [0.2, 0.25) is 0 Å². The molecule has 0 spiro atoms. The van der Waals surface area contributed by atoms with Crippen molar-refractivity contribution in [1.29, 1.82) is 0 Å². The lowest BCUT2D eigenvalue weighted by atomic mass is 9.61. The Labute approximate surface area is 259 Å². The van der Waals surface area contributed by atoms with Gasteiger partial charge in [0, 0.05) is 42.7 Å². The van der Waals surface area contributed by atoms with E-state index in [1.54, 1.807) is 11.3 Å². The molecule has 1 aromatic heterocycles. The van der Waals surface area contributed by atoms with E-state index in [-0.39, 0.29) is 17.8 Å². The van der Waals surface area contributed by atoms with Gasteiger partial charge in [-0.1, -0.05) is 17.7 Å². The Morgan fingerprint density at radius 2 is 1.74 bits per heavy atom. The largest absolute Gasteiger partial charge is 0.488 e. The van der Waals surface area contributed by atoms with Gasteiger partial charge in [0.25, 0.3) is 5.91 Å². The molecule has 2 aromatic carbocycles. The van der Waals surface area contributed by atoms with Crippen molar-refractivity contribution in [2.24, 2.45) is 17.8 Å². The Morgan fingerprint density at radius 3 is 2.44 bits per heavy atom.